The van der Waals surface area contributed by atoms with Gasteiger partial charge in [0.25, 0.3) is 0 Å². The topological polar surface area (TPSA) is 99.0 Å². The largest absolute Gasteiger partial charge is 0.388 e. The fourth-order valence-electron chi connectivity index (χ4n) is 1.22. The molecular formula is C7H13NO5. The van der Waals surface area contributed by atoms with E-state index in [1.807, 2.05) is 0 Å². The number of hydrogen-bond donors (Lipinski definition) is 4. The first-order valence-electron chi connectivity index (χ1n) is 3.95. The van der Waals surface area contributed by atoms with E-state index in [9.17, 15) is 15.0 Å². The van der Waals surface area contributed by atoms with Gasteiger partial charge in [-0.15, -0.1) is 0 Å². The number of aliphatic hydroxyl groups is 3. The van der Waals surface area contributed by atoms with E-state index < -0.39 is 24.5 Å². The highest BCUT2D eigenvalue weighted by Crippen LogP contribution is 2.13. The van der Waals surface area contributed by atoms with Crippen molar-refractivity contribution in [2.45, 2.75) is 31.5 Å². The monoisotopic (exact) mass is 191 g/mol. The minimum absolute atomic E-state index is 0.108. The lowest BCUT2D eigenvalue weighted by molar-refractivity contribution is -0.223. The van der Waals surface area contributed by atoms with Gasteiger partial charge in [0.1, 0.15) is 12.2 Å². The summed E-state index contributed by atoms with van der Waals surface area (Å²) in [5, 5.41) is 30.0. The minimum atomic E-state index is -1.36. The summed E-state index contributed by atoms with van der Waals surface area (Å²) in [6.45, 7) is 1.16. The number of carbonyl (C=O) groups excluding carboxylic acids is 1. The zero-order chi connectivity index (χ0) is 10.0. The summed E-state index contributed by atoms with van der Waals surface area (Å²) in [5.74, 6) is -0.378. The van der Waals surface area contributed by atoms with Crippen molar-refractivity contribution in [1.82, 2.24) is 5.32 Å². The molecule has 1 aliphatic heterocycles. The first kappa shape index (κ1) is 10.4. The second-order valence-electron chi connectivity index (χ2n) is 3.01. The van der Waals surface area contributed by atoms with Gasteiger partial charge in [0, 0.05) is 6.92 Å². The second-order valence-corrected chi connectivity index (χ2v) is 3.01. The summed E-state index contributed by atoms with van der Waals surface area (Å²) < 4.78 is 4.62. The van der Waals surface area contributed by atoms with Crippen LogP contribution in [0.15, 0.2) is 0 Å². The molecule has 0 spiro atoms. The van der Waals surface area contributed by atoms with Crippen molar-refractivity contribution in [2.24, 2.45) is 0 Å². The second kappa shape index (κ2) is 4.01. The molecule has 1 fully saturated rings. The van der Waals surface area contributed by atoms with Crippen LogP contribution in [0.5, 0.6) is 0 Å². The molecule has 1 amide bonds. The van der Waals surface area contributed by atoms with Gasteiger partial charge < -0.3 is 25.4 Å². The van der Waals surface area contributed by atoms with Crippen molar-refractivity contribution in [2.75, 3.05) is 6.61 Å². The molecule has 4 atom stereocenters. The predicted molar refractivity (Wildman–Crippen MR) is 41.6 cm³/mol. The third-order valence-corrected chi connectivity index (χ3v) is 1.88. The van der Waals surface area contributed by atoms with Crippen molar-refractivity contribution in [3.8, 4) is 0 Å². The van der Waals surface area contributed by atoms with E-state index >= 15 is 0 Å². The van der Waals surface area contributed by atoms with Crippen molar-refractivity contribution < 1.29 is 24.9 Å². The Labute approximate surface area is 75.1 Å². The third kappa shape index (κ3) is 2.38. The molecule has 0 radical (unpaired) electrons. The van der Waals surface area contributed by atoms with E-state index in [-0.39, 0.29) is 12.5 Å². The molecule has 1 aliphatic rings. The van der Waals surface area contributed by atoms with Crippen LogP contribution in [0.2, 0.25) is 0 Å². The van der Waals surface area contributed by atoms with E-state index in [2.05, 4.69) is 10.1 Å². The van der Waals surface area contributed by atoms with Crippen LogP contribution in [0.25, 0.3) is 0 Å². The van der Waals surface area contributed by atoms with Crippen molar-refractivity contribution in [3.05, 3.63) is 0 Å². The number of amides is 1. The zero-order valence-electron chi connectivity index (χ0n) is 7.17. The molecule has 13 heavy (non-hydrogen) atoms. The average molecular weight is 191 g/mol. The van der Waals surface area contributed by atoms with Crippen LogP contribution in [-0.4, -0.2) is 52.4 Å². The summed E-state index contributed by atoms with van der Waals surface area (Å²) in [6.07, 6.45) is -3.66. The van der Waals surface area contributed by atoms with Crippen molar-refractivity contribution >= 4 is 5.91 Å². The number of carbonyl (C=O) groups is 1. The van der Waals surface area contributed by atoms with Gasteiger partial charge in [0.15, 0.2) is 6.29 Å². The Morgan fingerprint density at radius 3 is 2.62 bits per heavy atom. The third-order valence-electron chi connectivity index (χ3n) is 1.88. The predicted octanol–water partition coefficient (Wildman–Crippen LogP) is -2.44. The average Bonchev–Trinajstić information content (AvgIpc) is 2.05. The first-order valence-corrected chi connectivity index (χ1v) is 3.95. The number of aliphatic hydroxyl groups excluding tert-OH is 3. The standard InChI is InChI=1S/C7H13NO5/c1-3(9)8-5-4(10)2-13-7(12)6(5)11/h4-7,10-12H,2H2,1H3,(H,8,9)/t4-,5+,6-,7-/m1/s1. The van der Waals surface area contributed by atoms with Crippen LogP contribution in [-0.2, 0) is 9.53 Å². The van der Waals surface area contributed by atoms with Gasteiger partial charge in [-0.25, -0.2) is 0 Å². The van der Waals surface area contributed by atoms with Gasteiger partial charge >= 0.3 is 0 Å². The molecule has 1 saturated heterocycles. The summed E-state index contributed by atoms with van der Waals surface area (Å²) in [6, 6.07) is -0.874. The van der Waals surface area contributed by atoms with Crippen LogP contribution in [0.3, 0.4) is 0 Å². The van der Waals surface area contributed by atoms with Gasteiger partial charge in [0.2, 0.25) is 5.91 Å². The molecule has 6 nitrogen and oxygen atoms in total. The molecule has 76 valence electrons. The Bertz CT molecular complexity index is 197. The van der Waals surface area contributed by atoms with E-state index in [0.717, 1.165) is 0 Å². The van der Waals surface area contributed by atoms with Gasteiger partial charge in [-0.05, 0) is 0 Å². The van der Waals surface area contributed by atoms with Crippen LogP contribution in [0.1, 0.15) is 6.92 Å². The Hall–Kier alpha value is -0.690. The molecule has 6 heteroatoms. The molecular weight excluding hydrogens is 178 g/mol. The lowest BCUT2D eigenvalue weighted by Gasteiger charge is -2.35. The summed E-state index contributed by atoms with van der Waals surface area (Å²) in [4.78, 5) is 10.7. The summed E-state index contributed by atoms with van der Waals surface area (Å²) in [7, 11) is 0. The number of nitrogens with one attached hydrogen (secondary N) is 1. The highest BCUT2D eigenvalue weighted by molar-refractivity contribution is 5.73. The van der Waals surface area contributed by atoms with Crippen LogP contribution < -0.4 is 5.32 Å². The number of ether oxygens (including phenoxy) is 1. The Kier molecular flexibility index (Phi) is 3.21. The van der Waals surface area contributed by atoms with Crippen LogP contribution in [0, 0.1) is 0 Å². The van der Waals surface area contributed by atoms with E-state index in [1.165, 1.54) is 6.92 Å². The SMILES string of the molecule is CC(=O)N[C@@H]1[C@@H](O)[C@H](O)OC[C@H]1O. The van der Waals surface area contributed by atoms with Gasteiger partial charge in [0.05, 0.1) is 12.6 Å². The fraction of sp³-hybridized carbons (Fsp3) is 0.857. The maximum absolute atomic E-state index is 10.7. The van der Waals surface area contributed by atoms with Crippen LogP contribution in [0.4, 0.5) is 0 Å². The zero-order valence-corrected chi connectivity index (χ0v) is 7.17. The molecule has 1 heterocycles. The molecule has 0 aromatic carbocycles. The van der Waals surface area contributed by atoms with E-state index in [1.54, 1.807) is 0 Å². The van der Waals surface area contributed by atoms with Gasteiger partial charge in [-0.1, -0.05) is 0 Å². The van der Waals surface area contributed by atoms with Gasteiger partial charge in [-0.2, -0.15) is 0 Å². The molecule has 4 N–H and O–H groups in total. The van der Waals surface area contributed by atoms with Gasteiger partial charge in [-0.3, -0.25) is 4.79 Å². The molecule has 0 aliphatic carbocycles. The molecule has 0 saturated carbocycles. The fourth-order valence-corrected chi connectivity index (χ4v) is 1.22. The lowest BCUT2D eigenvalue weighted by atomic mass is 10.0. The van der Waals surface area contributed by atoms with Crippen molar-refractivity contribution in [1.29, 1.82) is 0 Å². The molecule has 1 rings (SSSR count). The maximum Gasteiger partial charge on any atom is 0.217 e. The number of hydrogen-bond acceptors (Lipinski definition) is 5. The summed E-state index contributed by atoms with van der Waals surface area (Å²) in [5.41, 5.74) is 0. The maximum atomic E-state index is 10.7. The first-order chi connectivity index (χ1) is 6.02. The highest BCUT2D eigenvalue weighted by atomic mass is 16.6. The molecule has 0 unspecified atom stereocenters. The number of rotatable bonds is 1. The highest BCUT2D eigenvalue weighted by Gasteiger charge is 2.38. The molecule has 0 aromatic rings. The quantitative estimate of drug-likeness (QED) is 0.369. The summed E-state index contributed by atoms with van der Waals surface area (Å²) >= 11 is 0. The Morgan fingerprint density at radius 1 is 1.46 bits per heavy atom. The Morgan fingerprint density at radius 2 is 2.08 bits per heavy atom. The lowest BCUT2D eigenvalue weighted by Crippen LogP contribution is -2.60. The molecule has 0 aromatic heterocycles. The Balaban J connectivity index is 2.60. The molecule has 0 bridgehead atoms. The van der Waals surface area contributed by atoms with Crippen molar-refractivity contribution in [3.63, 3.8) is 0 Å². The normalized spacial score (nSPS) is 40.0. The minimum Gasteiger partial charge on any atom is -0.388 e. The van der Waals surface area contributed by atoms with E-state index in [4.69, 9.17) is 5.11 Å². The smallest absolute Gasteiger partial charge is 0.217 e. The van der Waals surface area contributed by atoms with E-state index in [0.29, 0.717) is 0 Å². The van der Waals surface area contributed by atoms with Crippen LogP contribution >= 0.6 is 0 Å².